The third-order valence-corrected chi connectivity index (χ3v) is 5.39. The molecule has 2 aliphatic rings. The molecule has 5 heteroatoms. The van der Waals surface area contributed by atoms with Gasteiger partial charge in [0.1, 0.15) is 0 Å². The van der Waals surface area contributed by atoms with Gasteiger partial charge in [0, 0.05) is 23.5 Å². The maximum absolute atomic E-state index is 12.8. The molecule has 0 unspecified atom stereocenters. The van der Waals surface area contributed by atoms with Crippen molar-refractivity contribution < 1.29 is 13.2 Å². The van der Waals surface area contributed by atoms with E-state index < -0.39 is 12.1 Å². The standard InChI is InChI=1S/C18H21F3N2/c19-18(20,21)14-9-5-12(6-10-14)11-23-17(13-7-8-13)15-3-1-2-4-16(15)22-23/h1-4,12-14H,5-11H2. The number of halogens is 3. The first-order valence-corrected chi connectivity index (χ1v) is 8.54. The van der Waals surface area contributed by atoms with E-state index in [0.717, 1.165) is 12.1 Å². The molecule has 0 saturated heterocycles. The van der Waals surface area contributed by atoms with Crippen molar-refractivity contribution in [2.75, 3.05) is 0 Å². The minimum atomic E-state index is -4.02. The van der Waals surface area contributed by atoms with Crippen molar-refractivity contribution in [3.8, 4) is 0 Å². The van der Waals surface area contributed by atoms with Crippen molar-refractivity contribution >= 4 is 10.9 Å². The average molecular weight is 322 g/mol. The fraction of sp³-hybridized carbons (Fsp3) is 0.611. The van der Waals surface area contributed by atoms with Crippen LogP contribution in [0.1, 0.15) is 50.1 Å². The molecular weight excluding hydrogens is 301 g/mol. The first-order chi connectivity index (χ1) is 11.0. The maximum atomic E-state index is 12.8. The van der Waals surface area contributed by atoms with Gasteiger partial charge >= 0.3 is 6.18 Å². The molecule has 0 bridgehead atoms. The molecule has 1 aromatic carbocycles. The Morgan fingerprint density at radius 2 is 1.70 bits per heavy atom. The molecule has 1 heterocycles. The van der Waals surface area contributed by atoms with Crippen molar-refractivity contribution in [1.29, 1.82) is 0 Å². The van der Waals surface area contributed by atoms with Gasteiger partial charge < -0.3 is 0 Å². The minimum Gasteiger partial charge on any atom is -0.268 e. The zero-order valence-electron chi connectivity index (χ0n) is 13.0. The third-order valence-electron chi connectivity index (χ3n) is 5.39. The topological polar surface area (TPSA) is 17.8 Å². The summed E-state index contributed by atoms with van der Waals surface area (Å²) in [6.07, 6.45) is 0.244. The normalized spacial score (nSPS) is 25.9. The number of nitrogens with zero attached hydrogens (tertiary/aromatic N) is 2. The van der Waals surface area contributed by atoms with Crippen LogP contribution >= 0.6 is 0 Å². The number of benzene rings is 1. The zero-order chi connectivity index (χ0) is 16.0. The number of rotatable bonds is 3. The van der Waals surface area contributed by atoms with Gasteiger partial charge in [-0.15, -0.1) is 0 Å². The summed E-state index contributed by atoms with van der Waals surface area (Å²) in [6, 6.07) is 8.17. The molecule has 2 aliphatic carbocycles. The van der Waals surface area contributed by atoms with Crippen molar-refractivity contribution in [2.24, 2.45) is 11.8 Å². The first kappa shape index (κ1) is 15.0. The Morgan fingerprint density at radius 1 is 1.00 bits per heavy atom. The zero-order valence-corrected chi connectivity index (χ0v) is 13.0. The summed E-state index contributed by atoms with van der Waals surface area (Å²) in [7, 11) is 0. The van der Waals surface area contributed by atoms with E-state index in [1.54, 1.807) is 0 Å². The molecule has 2 aromatic rings. The molecule has 0 amide bonds. The van der Waals surface area contributed by atoms with E-state index in [1.807, 2.05) is 18.2 Å². The fourth-order valence-electron chi connectivity index (χ4n) is 3.94. The van der Waals surface area contributed by atoms with Crippen LogP contribution in [0.15, 0.2) is 24.3 Å². The van der Waals surface area contributed by atoms with Crippen LogP contribution in [0.25, 0.3) is 10.9 Å². The second kappa shape index (κ2) is 5.53. The Balaban J connectivity index is 1.52. The van der Waals surface area contributed by atoms with Gasteiger partial charge in [0.25, 0.3) is 0 Å². The van der Waals surface area contributed by atoms with E-state index in [0.29, 0.717) is 24.7 Å². The van der Waals surface area contributed by atoms with Crippen LogP contribution in [-0.2, 0) is 6.54 Å². The lowest BCUT2D eigenvalue weighted by molar-refractivity contribution is -0.184. The molecule has 0 atom stereocenters. The second-order valence-corrected chi connectivity index (χ2v) is 7.12. The lowest BCUT2D eigenvalue weighted by atomic mass is 9.81. The second-order valence-electron chi connectivity index (χ2n) is 7.12. The van der Waals surface area contributed by atoms with Gasteiger partial charge in [-0.3, -0.25) is 4.68 Å². The first-order valence-electron chi connectivity index (χ1n) is 8.54. The summed E-state index contributed by atoms with van der Waals surface area (Å²) in [5, 5.41) is 5.95. The number of hydrogen-bond donors (Lipinski definition) is 0. The highest BCUT2D eigenvalue weighted by molar-refractivity contribution is 5.82. The molecule has 2 fully saturated rings. The molecule has 0 aliphatic heterocycles. The van der Waals surface area contributed by atoms with Gasteiger partial charge in [-0.2, -0.15) is 18.3 Å². The van der Waals surface area contributed by atoms with Crippen LogP contribution in [0.4, 0.5) is 13.2 Å². The van der Waals surface area contributed by atoms with Gasteiger partial charge in [0.15, 0.2) is 0 Å². The quantitative estimate of drug-likeness (QED) is 0.751. The van der Waals surface area contributed by atoms with Gasteiger partial charge in [-0.25, -0.2) is 0 Å². The van der Waals surface area contributed by atoms with Crippen molar-refractivity contribution in [1.82, 2.24) is 9.78 Å². The SMILES string of the molecule is FC(F)(F)C1CCC(Cn2nc3ccccc3c2C2CC2)CC1. The number of hydrogen-bond acceptors (Lipinski definition) is 1. The van der Waals surface area contributed by atoms with E-state index in [2.05, 4.69) is 10.7 Å². The molecule has 2 saturated carbocycles. The van der Waals surface area contributed by atoms with Gasteiger partial charge in [0.2, 0.25) is 0 Å². The van der Waals surface area contributed by atoms with E-state index in [-0.39, 0.29) is 12.8 Å². The summed E-state index contributed by atoms with van der Waals surface area (Å²) in [5.74, 6) is -0.187. The highest BCUT2D eigenvalue weighted by Gasteiger charge is 2.41. The maximum Gasteiger partial charge on any atom is 0.391 e. The molecule has 2 nitrogen and oxygen atoms in total. The Kier molecular flexibility index (Phi) is 3.62. The molecule has 124 valence electrons. The van der Waals surface area contributed by atoms with Crippen LogP contribution in [0, 0.1) is 11.8 Å². The van der Waals surface area contributed by atoms with Crippen molar-refractivity contribution in [3.05, 3.63) is 30.0 Å². The molecule has 0 spiro atoms. The van der Waals surface area contributed by atoms with Gasteiger partial charge in [0.05, 0.1) is 11.4 Å². The number of alkyl halides is 3. The smallest absolute Gasteiger partial charge is 0.268 e. The van der Waals surface area contributed by atoms with Crippen LogP contribution in [0.3, 0.4) is 0 Å². The minimum absolute atomic E-state index is 0.272. The highest BCUT2D eigenvalue weighted by atomic mass is 19.4. The molecule has 1 aromatic heterocycles. The molecule has 0 N–H and O–H groups in total. The summed E-state index contributed by atoms with van der Waals surface area (Å²) in [4.78, 5) is 0. The molecule has 23 heavy (non-hydrogen) atoms. The lowest BCUT2D eigenvalue weighted by Gasteiger charge is -2.30. The Morgan fingerprint density at radius 3 is 2.35 bits per heavy atom. The Hall–Kier alpha value is -1.52. The summed E-state index contributed by atoms with van der Waals surface area (Å²) >= 11 is 0. The van der Waals surface area contributed by atoms with E-state index >= 15 is 0 Å². The molecular formula is C18H21F3N2. The van der Waals surface area contributed by atoms with Crippen LogP contribution in [-0.4, -0.2) is 16.0 Å². The largest absolute Gasteiger partial charge is 0.391 e. The number of aromatic nitrogens is 2. The van der Waals surface area contributed by atoms with E-state index in [4.69, 9.17) is 5.10 Å². The third kappa shape index (κ3) is 2.98. The Bertz CT molecular complexity index is 692. The lowest BCUT2D eigenvalue weighted by Crippen LogP contribution is -2.29. The Labute approximate surface area is 133 Å². The number of fused-ring (bicyclic) bond motifs is 1. The predicted molar refractivity (Wildman–Crippen MR) is 83.2 cm³/mol. The van der Waals surface area contributed by atoms with Crippen LogP contribution in [0.5, 0.6) is 0 Å². The fourth-order valence-corrected chi connectivity index (χ4v) is 3.94. The van der Waals surface area contributed by atoms with Crippen molar-refractivity contribution in [3.63, 3.8) is 0 Å². The average Bonchev–Trinajstić information content (AvgIpc) is 3.28. The molecule has 4 rings (SSSR count). The van der Waals surface area contributed by atoms with Crippen LogP contribution in [0.2, 0.25) is 0 Å². The van der Waals surface area contributed by atoms with Gasteiger partial charge in [-0.1, -0.05) is 18.2 Å². The van der Waals surface area contributed by atoms with Gasteiger partial charge in [-0.05, 0) is 50.5 Å². The summed E-state index contributed by atoms with van der Waals surface area (Å²) in [6.45, 7) is 0.769. The summed E-state index contributed by atoms with van der Waals surface area (Å²) < 4.78 is 40.5. The summed E-state index contributed by atoms with van der Waals surface area (Å²) in [5.41, 5.74) is 2.32. The molecule has 0 radical (unpaired) electrons. The van der Waals surface area contributed by atoms with Crippen LogP contribution < -0.4 is 0 Å². The van der Waals surface area contributed by atoms with E-state index in [9.17, 15) is 13.2 Å². The van der Waals surface area contributed by atoms with Crippen molar-refractivity contribution in [2.45, 2.75) is 57.2 Å². The highest BCUT2D eigenvalue weighted by Crippen LogP contribution is 2.44. The monoisotopic (exact) mass is 322 g/mol. The predicted octanol–water partition coefficient (Wildman–Crippen LogP) is 5.28. The van der Waals surface area contributed by atoms with E-state index in [1.165, 1.54) is 23.9 Å².